The van der Waals surface area contributed by atoms with Crippen LogP contribution in [0, 0.1) is 6.92 Å². The summed E-state index contributed by atoms with van der Waals surface area (Å²) in [5, 5.41) is -0.797. The van der Waals surface area contributed by atoms with E-state index in [4.69, 9.17) is 0 Å². The van der Waals surface area contributed by atoms with Crippen molar-refractivity contribution in [2.45, 2.75) is 24.6 Å². The van der Waals surface area contributed by atoms with Crippen molar-refractivity contribution in [3.8, 4) is 0 Å². The quantitative estimate of drug-likeness (QED) is 0.745. The summed E-state index contributed by atoms with van der Waals surface area (Å²) in [5.74, 6) is -0.151. The van der Waals surface area contributed by atoms with E-state index in [1.807, 2.05) is 31.2 Å². The lowest BCUT2D eigenvalue weighted by atomic mass is 10.2. The largest absolute Gasteiger partial charge is 0.307 e. The Labute approximate surface area is 100 Å². The van der Waals surface area contributed by atoms with Crippen LogP contribution in [0.4, 0.5) is 5.69 Å². The molecule has 0 aliphatic carbocycles. The molecule has 1 amide bonds. The number of hydrogen-bond donors (Lipinski definition) is 0. The number of anilines is 1. The van der Waals surface area contributed by atoms with Gasteiger partial charge in [0.15, 0.2) is 9.84 Å². The molecule has 1 aromatic carbocycles. The number of sulfone groups is 1. The molecular formula is C12H13NO3S. The van der Waals surface area contributed by atoms with Gasteiger partial charge in [0.25, 0.3) is 0 Å². The summed E-state index contributed by atoms with van der Waals surface area (Å²) in [5.41, 5.74) is 1.93. The van der Waals surface area contributed by atoms with Crippen LogP contribution >= 0.6 is 0 Å². The van der Waals surface area contributed by atoms with E-state index in [-0.39, 0.29) is 17.7 Å². The van der Waals surface area contributed by atoms with E-state index < -0.39 is 15.1 Å². The van der Waals surface area contributed by atoms with Gasteiger partial charge in [0.2, 0.25) is 5.91 Å². The van der Waals surface area contributed by atoms with E-state index in [1.54, 1.807) is 4.90 Å². The lowest BCUT2D eigenvalue weighted by Gasteiger charge is -2.27. The van der Waals surface area contributed by atoms with Crippen LogP contribution in [0.25, 0.3) is 0 Å². The summed E-state index contributed by atoms with van der Waals surface area (Å²) in [4.78, 5) is 13.7. The molecule has 90 valence electrons. The van der Waals surface area contributed by atoms with Crippen LogP contribution in [-0.4, -0.2) is 31.4 Å². The monoisotopic (exact) mass is 251 g/mol. The zero-order chi connectivity index (χ0) is 12.2. The summed E-state index contributed by atoms with van der Waals surface area (Å²) in [6, 6.07) is 7.45. The van der Waals surface area contributed by atoms with Crippen LogP contribution in [0.15, 0.2) is 24.3 Å². The lowest BCUT2D eigenvalue weighted by Crippen LogP contribution is -2.45. The summed E-state index contributed by atoms with van der Waals surface area (Å²) in [6.07, 6.45) is 0.453. The second kappa shape index (κ2) is 3.32. The maximum absolute atomic E-state index is 12.0. The van der Waals surface area contributed by atoms with Crippen molar-refractivity contribution < 1.29 is 13.2 Å². The molecule has 4 nitrogen and oxygen atoms in total. The van der Waals surface area contributed by atoms with E-state index in [0.29, 0.717) is 6.42 Å². The van der Waals surface area contributed by atoms with Gasteiger partial charge in [0.1, 0.15) is 5.25 Å². The minimum Gasteiger partial charge on any atom is -0.307 e. The molecule has 2 atom stereocenters. The highest BCUT2D eigenvalue weighted by molar-refractivity contribution is 7.93. The minimum atomic E-state index is -3.18. The third-order valence-corrected chi connectivity index (χ3v) is 5.64. The van der Waals surface area contributed by atoms with Gasteiger partial charge < -0.3 is 4.90 Å². The molecule has 2 saturated heterocycles. The first-order chi connectivity index (χ1) is 7.99. The molecule has 2 aliphatic heterocycles. The van der Waals surface area contributed by atoms with Gasteiger partial charge in [-0.15, -0.1) is 0 Å². The molecule has 0 aromatic heterocycles. The van der Waals surface area contributed by atoms with Crippen molar-refractivity contribution in [1.82, 2.24) is 0 Å². The van der Waals surface area contributed by atoms with Gasteiger partial charge in [-0.1, -0.05) is 17.7 Å². The second-order valence-corrected chi connectivity index (χ2v) is 6.98. The van der Waals surface area contributed by atoms with Crippen LogP contribution in [0.1, 0.15) is 12.0 Å². The lowest BCUT2D eigenvalue weighted by molar-refractivity contribution is -0.117. The Balaban J connectivity index is 1.98. The number of amides is 1. The predicted molar refractivity (Wildman–Crippen MR) is 64.6 cm³/mol. The Kier molecular flexibility index (Phi) is 2.10. The van der Waals surface area contributed by atoms with Crippen LogP contribution in [0.2, 0.25) is 0 Å². The number of fused-ring (bicyclic) bond motifs is 2. The van der Waals surface area contributed by atoms with E-state index in [0.717, 1.165) is 11.3 Å². The molecule has 0 N–H and O–H groups in total. The van der Waals surface area contributed by atoms with Gasteiger partial charge in [-0.25, -0.2) is 8.42 Å². The first-order valence-electron chi connectivity index (χ1n) is 5.60. The molecule has 2 heterocycles. The topological polar surface area (TPSA) is 54.5 Å². The molecular weight excluding hydrogens is 238 g/mol. The Morgan fingerprint density at radius 2 is 1.88 bits per heavy atom. The fraction of sp³-hybridized carbons (Fsp3) is 0.417. The standard InChI is InChI=1S/C12H13NO3S/c1-8-2-4-9(5-3-8)13-10-6-11(12(13)14)17(15,16)7-10/h2-5,10-11H,6-7H2,1H3. The molecule has 2 bridgehead atoms. The first kappa shape index (κ1) is 10.8. The van der Waals surface area contributed by atoms with E-state index in [9.17, 15) is 13.2 Å². The van der Waals surface area contributed by atoms with Crippen LogP contribution < -0.4 is 4.90 Å². The normalized spacial score (nSPS) is 29.9. The number of carbonyl (C=O) groups excluding carboxylic acids is 1. The van der Waals surface area contributed by atoms with Gasteiger partial charge in [-0.05, 0) is 25.5 Å². The van der Waals surface area contributed by atoms with Crippen LogP contribution in [0.3, 0.4) is 0 Å². The highest BCUT2D eigenvalue weighted by atomic mass is 32.2. The number of hydrogen-bond acceptors (Lipinski definition) is 3. The highest BCUT2D eigenvalue weighted by Gasteiger charge is 2.54. The molecule has 5 heteroatoms. The summed E-state index contributed by atoms with van der Waals surface area (Å²) >= 11 is 0. The molecule has 0 radical (unpaired) electrons. The van der Waals surface area contributed by atoms with Crippen molar-refractivity contribution in [2.75, 3.05) is 10.7 Å². The molecule has 1 aromatic rings. The maximum atomic E-state index is 12.0. The van der Waals surface area contributed by atoms with Gasteiger partial charge >= 0.3 is 0 Å². The van der Waals surface area contributed by atoms with Crippen molar-refractivity contribution in [3.63, 3.8) is 0 Å². The zero-order valence-corrected chi connectivity index (χ0v) is 10.3. The number of rotatable bonds is 1. The average molecular weight is 251 g/mol. The smallest absolute Gasteiger partial charge is 0.245 e. The zero-order valence-electron chi connectivity index (χ0n) is 9.46. The molecule has 3 rings (SSSR count). The van der Waals surface area contributed by atoms with Gasteiger partial charge in [-0.3, -0.25) is 4.79 Å². The number of aryl methyl sites for hydroxylation is 1. The van der Waals surface area contributed by atoms with Crippen molar-refractivity contribution in [1.29, 1.82) is 0 Å². The number of nitrogens with zero attached hydrogens (tertiary/aromatic N) is 1. The maximum Gasteiger partial charge on any atom is 0.245 e. The minimum absolute atomic E-state index is 0.108. The van der Waals surface area contributed by atoms with Crippen LogP contribution in [0.5, 0.6) is 0 Å². The average Bonchev–Trinajstić information content (AvgIpc) is 2.72. The van der Waals surface area contributed by atoms with Crippen molar-refractivity contribution in [3.05, 3.63) is 29.8 Å². The highest BCUT2D eigenvalue weighted by Crippen LogP contribution is 2.37. The van der Waals surface area contributed by atoms with E-state index in [2.05, 4.69) is 0 Å². The van der Waals surface area contributed by atoms with E-state index >= 15 is 0 Å². The molecule has 2 aliphatic rings. The molecule has 0 spiro atoms. The number of benzene rings is 1. The van der Waals surface area contributed by atoms with Gasteiger partial charge in [0.05, 0.1) is 11.8 Å². The predicted octanol–water partition coefficient (Wildman–Crippen LogP) is 0.897. The number of carbonyl (C=O) groups is 1. The fourth-order valence-electron chi connectivity index (χ4n) is 2.66. The Hall–Kier alpha value is -1.36. The third-order valence-electron chi connectivity index (χ3n) is 3.53. The SMILES string of the molecule is Cc1ccc(N2C(=O)C3CC2CS3(=O)=O)cc1. The molecule has 2 fully saturated rings. The molecule has 2 unspecified atom stereocenters. The van der Waals surface area contributed by atoms with Crippen molar-refractivity contribution >= 4 is 21.4 Å². The molecule has 17 heavy (non-hydrogen) atoms. The van der Waals surface area contributed by atoms with Crippen LogP contribution in [-0.2, 0) is 14.6 Å². The van der Waals surface area contributed by atoms with E-state index in [1.165, 1.54) is 0 Å². The Bertz CT molecular complexity index is 576. The van der Waals surface area contributed by atoms with Gasteiger partial charge in [-0.2, -0.15) is 0 Å². The third kappa shape index (κ3) is 1.49. The summed E-state index contributed by atoms with van der Waals surface area (Å²) in [6.45, 7) is 1.98. The molecule has 0 saturated carbocycles. The van der Waals surface area contributed by atoms with Gasteiger partial charge in [0, 0.05) is 5.69 Å². The van der Waals surface area contributed by atoms with Crippen molar-refractivity contribution in [2.24, 2.45) is 0 Å². The fourth-order valence-corrected chi connectivity index (χ4v) is 4.65. The Morgan fingerprint density at radius 1 is 1.24 bits per heavy atom. The Morgan fingerprint density at radius 3 is 2.41 bits per heavy atom. The summed E-state index contributed by atoms with van der Waals surface area (Å²) < 4.78 is 23.2. The first-order valence-corrected chi connectivity index (χ1v) is 7.32. The second-order valence-electron chi connectivity index (χ2n) is 4.75. The summed E-state index contributed by atoms with van der Waals surface area (Å²) in [7, 11) is -3.18.